The summed E-state index contributed by atoms with van der Waals surface area (Å²) in [5.74, 6) is 1.47. The average Bonchev–Trinajstić information content (AvgIpc) is 2.16. The number of benzene rings is 1. The second-order valence-electron chi connectivity index (χ2n) is 3.93. The molecule has 1 heterocycles. The van der Waals surface area contributed by atoms with Crippen LogP contribution in [0.3, 0.4) is 0 Å². The van der Waals surface area contributed by atoms with Gasteiger partial charge >= 0.3 is 0 Å². The van der Waals surface area contributed by atoms with E-state index in [0.717, 1.165) is 17.1 Å². The van der Waals surface area contributed by atoms with E-state index in [-0.39, 0.29) is 0 Å². The van der Waals surface area contributed by atoms with E-state index < -0.39 is 0 Å². The van der Waals surface area contributed by atoms with Gasteiger partial charge in [0.05, 0.1) is 5.69 Å². The summed E-state index contributed by atoms with van der Waals surface area (Å²) in [4.78, 5) is 0. The van der Waals surface area contributed by atoms with Crippen molar-refractivity contribution >= 4 is 5.69 Å². The minimum absolute atomic E-state index is 0.536. The molecule has 0 bridgehead atoms. The Kier molecular flexibility index (Phi) is 2.20. The molecule has 0 amide bonds. The van der Waals surface area contributed by atoms with Crippen molar-refractivity contribution < 1.29 is 4.74 Å². The molecule has 74 valence electrons. The van der Waals surface area contributed by atoms with Crippen LogP contribution < -0.4 is 10.1 Å². The quantitative estimate of drug-likeness (QED) is 0.732. The number of fused-ring (bicyclic) bond motifs is 1. The van der Waals surface area contributed by atoms with Crippen LogP contribution in [0.5, 0.6) is 5.75 Å². The molecule has 2 heteroatoms. The van der Waals surface area contributed by atoms with Crippen molar-refractivity contribution in [2.24, 2.45) is 0 Å². The van der Waals surface area contributed by atoms with Crippen LogP contribution in [0.15, 0.2) is 30.5 Å². The number of rotatable bonds is 1. The van der Waals surface area contributed by atoms with E-state index in [2.05, 4.69) is 43.9 Å². The van der Waals surface area contributed by atoms with Gasteiger partial charge in [0.15, 0.2) is 0 Å². The highest BCUT2D eigenvalue weighted by atomic mass is 16.5. The molecule has 2 nitrogen and oxygen atoms in total. The smallest absolute Gasteiger partial charge is 0.143 e. The highest BCUT2D eigenvalue weighted by molar-refractivity contribution is 5.62. The molecule has 2 rings (SSSR count). The molecule has 0 radical (unpaired) electrons. The summed E-state index contributed by atoms with van der Waals surface area (Å²) in [5.41, 5.74) is 3.23. The van der Waals surface area contributed by atoms with Crippen LogP contribution in [0.2, 0.25) is 0 Å². The van der Waals surface area contributed by atoms with Gasteiger partial charge in [0.25, 0.3) is 0 Å². The highest BCUT2D eigenvalue weighted by Gasteiger charge is 2.12. The fourth-order valence-electron chi connectivity index (χ4n) is 1.51. The van der Waals surface area contributed by atoms with Gasteiger partial charge in [0, 0.05) is 5.70 Å². The van der Waals surface area contributed by atoms with E-state index >= 15 is 0 Å². The van der Waals surface area contributed by atoms with E-state index in [4.69, 9.17) is 4.74 Å². The molecule has 14 heavy (non-hydrogen) atoms. The normalized spacial score (nSPS) is 14.6. The summed E-state index contributed by atoms with van der Waals surface area (Å²) in [6.07, 6.45) is 0. The fraction of sp³-hybridized carbons (Fsp3) is 0.333. The molecule has 0 saturated carbocycles. The van der Waals surface area contributed by atoms with E-state index in [0.29, 0.717) is 12.5 Å². The number of hydrogen-bond donors (Lipinski definition) is 1. The van der Waals surface area contributed by atoms with Crippen molar-refractivity contribution in [3.8, 4) is 5.75 Å². The minimum atomic E-state index is 0.536. The van der Waals surface area contributed by atoms with Gasteiger partial charge in [-0.1, -0.05) is 26.5 Å². The number of nitrogens with one attached hydrogen (secondary N) is 1. The highest BCUT2D eigenvalue weighted by Crippen LogP contribution is 2.32. The van der Waals surface area contributed by atoms with Gasteiger partial charge in [-0.25, -0.2) is 0 Å². The van der Waals surface area contributed by atoms with Crippen LogP contribution in [0.4, 0.5) is 5.69 Å². The summed E-state index contributed by atoms with van der Waals surface area (Å²) < 4.78 is 5.56. The Bertz CT molecular complexity index is 369. The van der Waals surface area contributed by atoms with Crippen molar-refractivity contribution in [2.75, 3.05) is 11.9 Å². The van der Waals surface area contributed by atoms with Gasteiger partial charge < -0.3 is 10.1 Å². The molecule has 1 aromatic rings. The topological polar surface area (TPSA) is 21.3 Å². The summed E-state index contributed by atoms with van der Waals surface area (Å²) in [6.45, 7) is 8.75. The lowest BCUT2D eigenvalue weighted by Crippen LogP contribution is -2.15. The predicted molar refractivity (Wildman–Crippen MR) is 58.8 cm³/mol. The van der Waals surface area contributed by atoms with Gasteiger partial charge in [0.1, 0.15) is 12.4 Å². The van der Waals surface area contributed by atoms with Crippen molar-refractivity contribution in [3.63, 3.8) is 0 Å². The monoisotopic (exact) mass is 189 g/mol. The zero-order chi connectivity index (χ0) is 10.1. The summed E-state index contributed by atoms with van der Waals surface area (Å²) in [6, 6.07) is 6.27. The van der Waals surface area contributed by atoms with Gasteiger partial charge in [0.2, 0.25) is 0 Å². The molecule has 0 spiro atoms. The van der Waals surface area contributed by atoms with Gasteiger partial charge in [-0.3, -0.25) is 0 Å². The third-order valence-electron chi connectivity index (χ3n) is 2.39. The zero-order valence-electron chi connectivity index (χ0n) is 8.63. The summed E-state index contributed by atoms with van der Waals surface area (Å²) in [7, 11) is 0. The molecule has 0 atom stereocenters. The summed E-state index contributed by atoms with van der Waals surface area (Å²) >= 11 is 0. The molecule has 1 aliphatic rings. The van der Waals surface area contributed by atoms with Crippen molar-refractivity contribution in [2.45, 2.75) is 19.8 Å². The molecule has 1 aromatic carbocycles. The molecule has 0 unspecified atom stereocenters. The van der Waals surface area contributed by atoms with Gasteiger partial charge in [-0.2, -0.15) is 0 Å². The molecule has 0 aliphatic carbocycles. The largest absolute Gasteiger partial charge is 0.485 e. The first-order valence-electron chi connectivity index (χ1n) is 4.88. The fourth-order valence-corrected chi connectivity index (χ4v) is 1.51. The van der Waals surface area contributed by atoms with Crippen molar-refractivity contribution in [1.29, 1.82) is 0 Å². The van der Waals surface area contributed by atoms with Gasteiger partial charge in [-0.05, 0) is 23.6 Å². The van der Waals surface area contributed by atoms with Crippen molar-refractivity contribution in [1.82, 2.24) is 0 Å². The Balaban J connectivity index is 2.36. The molecule has 0 fully saturated rings. The molecular weight excluding hydrogens is 174 g/mol. The van der Waals surface area contributed by atoms with E-state index in [1.165, 1.54) is 5.56 Å². The predicted octanol–water partition coefficient (Wildman–Crippen LogP) is 3.13. The van der Waals surface area contributed by atoms with E-state index in [9.17, 15) is 0 Å². The average molecular weight is 189 g/mol. The lowest BCUT2D eigenvalue weighted by Gasteiger charge is -2.22. The Labute approximate surface area is 84.6 Å². The minimum Gasteiger partial charge on any atom is -0.485 e. The Hall–Kier alpha value is -1.44. The van der Waals surface area contributed by atoms with Crippen LogP contribution in [-0.2, 0) is 0 Å². The van der Waals surface area contributed by atoms with E-state index in [1.807, 2.05) is 0 Å². The van der Waals surface area contributed by atoms with Crippen molar-refractivity contribution in [3.05, 3.63) is 36.0 Å². The number of anilines is 1. The maximum atomic E-state index is 5.56. The zero-order valence-corrected chi connectivity index (χ0v) is 8.63. The van der Waals surface area contributed by atoms with E-state index in [1.54, 1.807) is 0 Å². The van der Waals surface area contributed by atoms with Crippen LogP contribution in [-0.4, -0.2) is 6.61 Å². The maximum absolute atomic E-state index is 5.56. The lowest BCUT2D eigenvalue weighted by molar-refractivity contribution is 0.346. The van der Waals surface area contributed by atoms with Crippen LogP contribution >= 0.6 is 0 Å². The molecule has 0 aromatic heterocycles. The molecule has 1 aliphatic heterocycles. The SMILES string of the molecule is C=C1COc2cc(C(C)C)ccc2N1. The Morgan fingerprint density at radius 3 is 2.93 bits per heavy atom. The summed E-state index contributed by atoms with van der Waals surface area (Å²) in [5, 5.41) is 3.21. The standard InChI is InChI=1S/C12H15NO/c1-8(2)10-4-5-11-12(6-10)14-7-9(3)13-11/h4-6,8,13H,3,7H2,1-2H3. The van der Waals surface area contributed by atoms with Crippen LogP contribution in [0.25, 0.3) is 0 Å². The van der Waals surface area contributed by atoms with Crippen LogP contribution in [0.1, 0.15) is 25.3 Å². The van der Waals surface area contributed by atoms with Gasteiger partial charge in [-0.15, -0.1) is 0 Å². The Morgan fingerprint density at radius 2 is 2.21 bits per heavy atom. The number of ether oxygens (including phenoxy) is 1. The molecular formula is C12H15NO. The lowest BCUT2D eigenvalue weighted by atomic mass is 10.0. The van der Waals surface area contributed by atoms with Crippen LogP contribution in [0, 0.1) is 0 Å². The molecule has 1 N–H and O–H groups in total. The Morgan fingerprint density at radius 1 is 1.43 bits per heavy atom. The maximum Gasteiger partial charge on any atom is 0.143 e. The second kappa shape index (κ2) is 3.37. The first kappa shape index (κ1) is 9.13. The first-order chi connectivity index (χ1) is 6.66. The third-order valence-corrected chi connectivity index (χ3v) is 2.39. The first-order valence-corrected chi connectivity index (χ1v) is 4.88. The number of hydrogen-bond acceptors (Lipinski definition) is 2. The molecule has 0 saturated heterocycles. The second-order valence-corrected chi connectivity index (χ2v) is 3.93. The third kappa shape index (κ3) is 1.60.